The zero-order chi connectivity index (χ0) is 15.4. The molecule has 0 saturated carbocycles. The molecular weight excluding hydrogens is 272 g/mol. The number of rotatable bonds is 6. The van der Waals surface area contributed by atoms with E-state index >= 15 is 0 Å². The summed E-state index contributed by atoms with van der Waals surface area (Å²) in [7, 11) is -1.29. The lowest BCUT2D eigenvalue weighted by Gasteiger charge is -2.26. The Morgan fingerprint density at radius 1 is 1.25 bits per heavy atom. The first-order valence-corrected chi connectivity index (χ1v) is 8.49. The summed E-state index contributed by atoms with van der Waals surface area (Å²) in [5.74, 6) is 0.133. The minimum absolute atomic E-state index is 0.133. The first-order valence-electron chi connectivity index (χ1n) is 6.84. The number of hydrogen-bond donors (Lipinski definition) is 1. The molecular formula is C15H26N2O2S. The van der Waals surface area contributed by atoms with Crippen molar-refractivity contribution in [1.29, 1.82) is 0 Å². The van der Waals surface area contributed by atoms with Crippen LogP contribution in [-0.4, -0.2) is 39.2 Å². The maximum absolute atomic E-state index is 12.3. The standard InChI is InChI=1S/C15H26N2O2S/c1-15(2,3)12-17(4)8-9-20(18,19)14-7-5-6-13(10-14)11-16/h5-7,10H,8-9,11-12,16H2,1-4H3. The second-order valence-electron chi connectivity index (χ2n) is 6.47. The molecule has 0 spiro atoms. The number of sulfone groups is 1. The summed E-state index contributed by atoms with van der Waals surface area (Å²) in [5.41, 5.74) is 6.56. The van der Waals surface area contributed by atoms with E-state index in [1.165, 1.54) is 0 Å². The zero-order valence-corrected chi connectivity index (χ0v) is 13.7. The van der Waals surface area contributed by atoms with E-state index in [-0.39, 0.29) is 11.2 Å². The fourth-order valence-corrected chi connectivity index (χ4v) is 3.55. The third-order valence-corrected chi connectivity index (χ3v) is 4.67. The smallest absolute Gasteiger partial charge is 0.179 e. The average molecular weight is 298 g/mol. The van der Waals surface area contributed by atoms with Crippen LogP contribution in [0, 0.1) is 5.41 Å². The van der Waals surface area contributed by atoms with E-state index in [4.69, 9.17) is 5.73 Å². The molecule has 0 amide bonds. The predicted octanol–water partition coefficient (Wildman–Crippen LogP) is 1.90. The maximum Gasteiger partial charge on any atom is 0.179 e. The molecule has 0 aromatic heterocycles. The summed E-state index contributed by atoms with van der Waals surface area (Å²) >= 11 is 0. The maximum atomic E-state index is 12.3. The molecule has 0 heterocycles. The Bertz CT molecular complexity index is 533. The second-order valence-corrected chi connectivity index (χ2v) is 8.58. The van der Waals surface area contributed by atoms with E-state index in [9.17, 15) is 8.42 Å². The van der Waals surface area contributed by atoms with Crippen molar-refractivity contribution in [1.82, 2.24) is 4.90 Å². The molecule has 1 aromatic carbocycles. The van der Waals surface area contributed by atoms with Crippen LogP contribution in [0.2, 0.25) is 0 Å². The molecule has 1 aromatic rings. The summed E-state index contributed by atoms with van der Waals surface area (Å²) < 4.78 is 24.6. The predicted molar refractivity (Wildman–Crippen MR) is 83.3 cm³/mol. The van der Waals surface area contributed by atoms with E-state index in [0.717, 1.165) is 12.1 Å². The molecule has 20 heavy (non-hydrogen) atoms. The topological polar surface area (TPSA) is 63.4 Å². The highest BCUT2D eigenvalue weighted by Crippen LogP contribution is 2.16. The van der Waals surface area contributed by atoms with Crippen LogP contribution >= 0.6 is 0 Å². The van der Waals surface area contributed by atoms with Crippen molar-refractivity contribution in [2.24, 2.45) is 11.1 Å². The van der Waals surface area contributed by atoms with E-state index in [1.54, 1.807) is 18.2 Å². The minimum Gasteiger partial charge on any atom is -0.326 e. The van der Waals surface area contributed by atoms with Gasteiger partial charge in [-0.1, -0.05) is 32.9 Å². The van der Waals surface area contributed by atoms with Crippen LogP contribution in [-0.2, 0) is 16.4 Å². The van der Waals surface area contributed by atoms with Crippen LogP contribution in [0.25, 0.3) is 0 Å². The van der Waals surface area contributed by atoms with Crippen LogP contribution in [0.3, 0.4) is 0 Å². The third-order valence-electron chi connectivity index (χ3n) is 2.98. The summed E-state index contributed by atoms with van der Waals surface area (Å²) in [6, 6.07) is 6.88. The van der Waals surface area contributed by atoms with Crippen LogP contribution in [0.1, 0.15) is 26.3 Å². The van der Waals surface area contributed by atoms with Gasteiger partial charge in [0.2, 0.25) is 0 Å². The summed E-state index contributed by atoms with van der Waals surface area (Å²) in [5, 5.41) is 0. The van der Waals surface area contributed by atoms with Gasteiger partial charge < -0.3 is 10.6 Å². The highest BCUT2D eigenvalue weighted by molar-refractivity contribution is 7.91. The lowest BCUT2D eigenvalue weighted by Crippen LogP contribution is -2.33. The Labute approximate surface area is 122 Å². The van der Waals surface area contributed by atoms with Gasteiger partial charge in [-0.2, -0.15) is 0 Å². The normalized spacial score (nSPS) is 12.9. The van der Waals surface area contributed by atoms with Crippen molar-refractivity contribution in [3.05, 3.63) is 29.8 Å². The van der Waals surface area contributed by atoms with Crippen molar-refractivity contribution < 1.29 is 8.42 Å². The van der Waals surface area contributed by atoms with Crippen LogP contribution in [0.4, 0.5) is 0 Å². The second kappa shape index (κ2) is 6.70. The Balaban J connectivity index is 2.70. The molecule has 0 aliphatic carbocycles. The van der Waals surface area contributed by atoms with Gasteiger partial charge in [0.15, 0.2) is 9.84 Å². The minimum atomic E-state index is -3.24. The van der Waals surface area contributed by atoms with Gasteiger partial charge in [-0.3, -0.25) is 0 Å². The van der Waals surface area contributed by atoms with E-state index in [1.807, 2.05) is 13.1 Å². The molecule has 2 N–H and O–H groups in total. The number of nitrogens with zero attached hydrogens (tertiary/aromatic N) is 1. The average Bonchev–Trinajstić information content (AvgIpc) is 2.35. The largest absolute Gasteiger partial charge is 0.326 e. The number of hydrogen-bond acceptors (Lipinski definition) is 4. The Hall–Kier alpha value is -0.910. The highest BCUT2D eigenvalue weighted by atomic mass is 32.2. The monoisotopic (exact) mass is 298 g/mol. The third kappa shape index (κ3) is 5.61. The van der Waals surface area contributed by atoms with Crippen molar-refractivity contribution in [2.45, 2.75) is 32.2 Å². The molecule has 0 aliphatic rings. The molecule has 0 bridgehead atoms. The van der Waals surface area contributed by atoms with Crippen molar-refractivity contribution in [3.8, 4) is 0 Å². The first-order chi connectivity index (χ1) is 9.14. The quantitative estimate of drug-likeness (QED) is 0.871. The van der Waals surface area contributed by atoms with Crippen molar-refractivity contribution in [2.75, 3.05) is 25.9 Å². The van der Waals surface area contributed by atoms with Crippen LogP contribution < -0.4 is 5.73 Å². The van der Waals surface area contributed by atoms with E-state index in [2.05, 4.69) is 25.7 Å². The first kappa shape index (κ1) is 17.1. The van der Waals surface area contributed by atoms with E-state index < -0.39 is 9.84 Å². The number of nitrogens with two attached hydrogens (primary N) is 1. The van der Waals surface area contributed by atoms with Crippen molar-refractivity contribution >= 4 is 9.84 Å². The van der Waals surface area contributed by atoms with Gasteiger partial charge in [-0.15, -0.1) is 0 Å². The molecule has 114 valence electrons. The van der Waals surface area contributed by atoms with Crippen LogP contribution in [0.15, 0.2) is 29.2 Å². The van der Waals surface area contributed by atoms with E-state index in [0.29, 0.717) is 18.0 Å². The molecule has 0 radical (unpaired) electrons. The van der Waals surface area contributed by atoms with Gasteiger partial charge in [-0.25, -0.2) is 8.42 Å². The van der Waals surface area contributed by atoms with Gasteiger partial charge in [0.25, 0.3) is 0 Å². The SMILES string of the molecule is CN(CCS(=O)(=O)c1cccc(CN)c1)CC(C)(C)C. The molecule has 4 nitrogen and oxygen atoms in total. The molecule has 0 saturated heterocycles. The van der Waals surface area contributed by atoms with Gasteiger partial charge in [0, 0.05) is 19.6 Å². The zero-order valence-electron chi connectivity index (χ0n) is 12.9. The van der Waals surface area contributed by atoms with Gasteiger partial charge in [0.1, 0.15) is 0 Å². The molecule has 5 heteroatoms. The fourth-order valence-electron chi connectivity index (χ4n) is 2.15. The molecule has 0 atom stereocenters. The number of benzene rings is 1. The summed E-state index contributed by atoms with van der Waals surface area (Å²) in [6.07, 6.45) is 0. The summed E-state index contributed by atoms with van der Waals surface area (Å²) in [4.78, 5) is 2.43. The summed E-state index contributed by atoms with van der Waals surface area (Å²) in [6.45, 7) is 8.18. The van der Waals surface area contributed by atoms with Gasteiger partial charge in [-0.05, 0) is 30.2 Å². The lowest BCUT2D eigenvalue weighted by atomic mass is 9.96. The molecule has 1 rings (SSSR count). The van der Waals surface area contributed by atoms with Gasteiger partial charge >= 0.3 is 0 Å². The van der Waals surface area contributed by atoms with Crippen molar-refractivity contribution in [3.63, 3.8) is 0 Å². The Kier molecular flexibility index (Phi) is 5.74. The fraction of sp³-hybridized carbons (Fsp3) is 0.600. The lowest BCUT2D eigenvalue weighted by molar-refractivity contribution is 0.236. The Morgan fingerprint density at radius 2 is 1.90 bits per heavy atom. The molecule has 0 unspecified atom stereocenters. The van der Waals surface area contributed by atoms with Gasteiger partial charge in [0.05, 0.1) is 10.6 Å². The molecule has 0 aliphatic heterocycles. The van der Waals surface area contributed by atoms with Crippen LogP contribution in [0.5, 0.6) is 0 Å². The highest BCUT2D eigenvalue weighted by Gasteiger charge is 2.18. The Morgan fingerprint density at radius 3 is 2.45 bits per heavy atom. The molecule has 0 fully saturated rings.